The Kier molecular flexibility index (Phi) is 5.10. The largest absolute Gasteiger partial charge is 0.573 e. The van der Waals surface area contributed by atoms with Crippen LogP contribution in [0.2, 0.25) is 0 Å². The lowest BCUT2D eigenvalue weighted by atomic mass is 10.2. The number of alkyl halides is 3. The molecule has 0 aliphatic heterocycles. The van der Waals surface area contributed by atoms with Crippen molar-refractivity contribution in [3.8, 4) is 11.5 Å². The van der Waals surface area contributed by atoms with Gasteiger partial charge in [-0.25, -0.2) is 9.20 Å². The van der Waals surface area contributed by atoms with E-state index in [1.165, 1.54) is 16.6 Å². The lowest BCUT2D eigenvalue weighted by molar-refractivity contribution is -0.274. The zero-order valence-electron chi connectivity index (χ0n) is 15.6. The number of carboxylic acid groups (broad SMARTS) is 1. The topological polar surface area (TPSA) is 122 Å². The number of amides is 1. The minimum Gasteiger partial charge on any atom is -0.505 e. The molecule has 0 aliphatic rings. The zero-order chi connectivity index (χ0) is 22.4. The van der Waals surface area contributed by atoms with Crippen LogP contribution in [0.1, 0.15) is 30.2 Å². The van der Waals surface area contributed by atoms with Crippen LogP contribution in [0, 0.1) is 0 Å². The van der Waals surface area contributed by atoms with Crippen LogP contribution in [0.3, 0.4) is 0 Å². The lowest BCUT2D eigenvalue weighted by Crippen LogP contribution is -2.38. The SMILES string of the molecule is CC(C)n1c(=O)c(C(=O)NCC(=O)O)c(O)c2cc3c(OC(F)(F)F)cccc3n21. The Morgan fingerprint density at radius 3 is 2.47 bits per heavy atom. The molecule has 3 aromatic rings. The number of nitrogens with zero attached hydrogens (tertiary/aromatic N) is 2. The van der Waals surface area contributed by atoms with Crippen molar-refractivity contribution in [1.29, 1.82) is 0 Å². The molecule has 1 aromatic carbocycles. The summed E-state index contributed by atoms with van der Waals surface area (Å²) in [5.41, 5.74) is -1.67. The Hall–Kier alpha value is -3.70. The van der Waals surface area contributed by atoms with Gasteiger partial charge in [-0.3, -0.25) is 14.4 Å². The van der Waals surface area contributed by atoms with Gasteiger partial charge in [-0.05, 0) is 32.0 Å². The number of nitrogens with one attached hydrogen (secondary N) is 1. The van der Waals surface area contributed by atoms with Crippen molar-refractivity contribution < 1.29 is 37.7 Å². The zero-order valence-corrected chi connectivity index (χ0v) is 15.6. The fourth-order valence-electron chi connectivity index (χ4n) is 3.15. The van der Waals surface area contributed by atoms with Crippen molar-refractivity contribution in [2.45, 2.75) is 26.3 Å². The monoisotopic (exact) mass is 427 g/mol. The summed E-state index contributed by atoms with van der Waals surface area (Å²) >= 11 is 0. The molecule has 160 valence electrons. The maximum absolute atomic E-state index is 12.9. The van der Waals surface area contributed by atoms with Crippen LogP contribution < -0.4 is 15.6 Å². The number of hydrogen-bond donors (Lipinski definition) is 3. The number of aromatic nitrogens is 2. The van der Waals surface area contributed by atoms with Crippen LogP contribution >= 0.6 is 0 Å². The van der Waals surface area contributed by atoms with E-state index >= 15 is 0 Å². The average Bonchev–Trinajstić information content (AvgIpc) is 2.99. The summed E-state index contributed by atoms with van der Waals surface area (Å²) in [6, 6.07) is 4.36. The molecule has 3 N–H and O–H groups in total. The number of benzene rings is 1. The van der Waals surface area contributed by atoms with Gasteiger partial charge in [0.1, 0.15) is 23.4 Å². The van der Waals surface area contributed by atoms with Gasteiger partial charge in [0.05, 0.1) is 5.52 Å². The van der Waals surface area contributed by atoms with Crippen LogP contribution in [0.25, 0.3) is 16.4 Å². The molecule has 0 unspecified atom stereocenters. The molecule has 9 nitrogen and oxygen atoms in total. The molecule has 0 fully saturated rings. The van der Waals surface area contributed by atoms with Gasteiger partial charge < -0.3 is 20.3 Å². The van der Waals surface area contributed by atoms with E-state index in [0.29, 0.717) is 0 Å². The van der Waals surface area contributed by atoms with Crippen LogP contribution in [0.5, 0.6) is 11.5 Å². The molecule has 3 rings (SSSR count). The maximum atomic E-state index is 12.9. The standard InChI is InChI=1S/C18H16F3N3O6/c1-8(2)23-17(29)14(16(28)22-7-13(25)26)15(27)11-6-9-10(24(11)23)4-3-5-12(9)30-18(19,20)21/h3-6,8,27H,7H2,1-2H3,(H,22,28)(H,25,26). The number of fused-ring (bicyclic) bond motifs is 3. The first-order valence-corrected chi connectivity index (χ1v) is 8.60. The molecule has 0 aliphatic carbocycles. The number of aliphatic carboxylic acids is 1. The summed E-state index contributed by atoms with van der Waals surface area (Å²) in [4.78, 5) is 36.0. The van der Waals surface area contributed by atoms with E-state index in [-0.39, 0.29) is 16.4 Å². The summed E-state index contributed by atoms with van der Waals surface area (Å²) < 4.78 is 44.6. The van der Waals surface area contributed by atoms with Crippen LogP contribution in [-0.4, -0.2) is 44.2 Å². The third-order valence-electron chi connectivity index (χ3n) is 4.24. The minimum absolute atomic E-state index is 0.0537. The summed E-state index contributed by atoms with van der Waals surface area (Å²) in [5.74, 6) is -3.85. The molecule has 0 bridgehead atoms. The van der Waals surface area contributed by atoms with Crippen molar-refractivity contribution in [3.05, 3.63) is 40.2 Å². The van der Waals surface area contributed by atoms with Crippen LogP contribution in [0.15, 0.2) is 29.1 Å². The highest BCUT2D eigenvalue weighted by atomic mass is 19.4. The van der Waals surface area contributed by atoms with Crippen molar-refractivity contribution in [3.63, 3.8) is 0 Å². The van der Waals surface area contributed by atoms with E-state index in [1.54, 1.807) is 13.8 Å². The van der Waals surface area contributed by atoms with E-state index in [1.807, 2.05) is 5.32 Å². The first-order valence-electron chi connectivity index (χ1n) is 8.60. The fraction of sp³-hybridized carbons (Fsp3) is 0.278. The molecule has 1 amide bonds. The summed E-state index contributed by atoms with van der Waals surface area (Å²) in [6.07, 6.45) is -4.97. The maximum Gasteiger partial charge on any atom is 0.573 e. The van der Waals surface area contributed by atoms with E-state index in [4.69, 9.17) is 5.11 Å². The van der Waals surface area contributed by atoms with E-state index in [9.17, 15) is 32.7 Å². The quantitative estimate of drug-likeness (QED) is 0.574. The second-order valence-electron chi connectivity index (χ2n) is 6.62. The molecule has 30 heavy (non-hydrogen) atoms. The van der Waals surface area contributed by atoms with Crippen LogP contribution in [0.4, 0.5) is 13.2 Å². The highest BCUT2D eigenvalue weighted by molar-refractivity contribution is 6.02. The van der Waals surface area contributed by atoms with Gasteiger partial charge in [0.2, 0.25) is 0 Å². The smallest absolute Gasteiger partial charge is 0.505 e. The number of carbonyl (C=O) groups is 2. The van der Waals surface area contributed by atoms with Gasteiger partial charge in [-0.15, -0.1) is 13.2 Å². The lowest BCUT2D eigenvalue weighted by Gasteiger charge is -2.18. The molecule has 0 radical (unpaired) electrons. The van der Waals surface area contributed by atoms with Gasteiger partial charge in [0.25, 0.3) is 11.5 Å². The van der Waals surface area contributed by atoms with E-state index < -0.39 is 53.4 Å². The van der Waals surface area contributed by atoms with Gasteiger partial charge in [-0.1, -0.05) is 6.07 Å². The number of carboxylic acids is 1. The molecule has 2 heterocycles. The molecule has 12 heteroatoms. The highest BCUT2D eigenvalue weighted by Crippen LogP contribution is 2.36. The second-order valence-corrected chi connectivity index (χ2v) is 6.62. The van der Waals surface area contributed by atoms with Crippen molar-refractivity contribution in [2.75, 3.05) is 6.54 Å². The Balaban J connectivity index is 2.37. The van der Waals surface area contributed by atoms with Crippen molar-refractivity contribution in [2.24, 2.45) is 0 Å². The third-order valence-corrected chi connectivity index (χ3v) is 4.24. The molecule has 0 atom stereocenters. The second kappa shape index (κ2) is 7.28. The van der Waals surface area contributed by atoms with E-state index in [0.717, 1.165) is 16.8 Å². The number of aromatic hydroxyl groups is 1. The first kappa shape index (κ1) is 21.0. The van der Waals surface area contributed by atoms with Crippen molar-refractivity contribution in [1.82, 2.24) is 14.5 Å². The minimum atomic E-state index is -4.97. The third kappa shape index (κ3) is 3.63. The van der Waals surface area contributed by atoms with Crippen LogP contribution in [-0.2, 0) is 4.79 Å². The fourth-order valence-corrected chi connectivity index (χ4v) is 3.15. The molecule has 0 saturated heterocycles. The number of ether oxygens (including phenoxy) is 1. The summed E-state index contributed by atoms with van der Waals surface area (Å²) in [5, 5.41) is 21.2. The summed E-state index contributed by atoms with van der Waals surface area (Å²) in [7, 11) is 0. The van der Waals surface area contributed by atoms with Crippen molar-refractivity contribution >= 4 is 28.3 Å². The normalized spacial score (nSPS) is 11.9. The number of rotatable bonds is 5. The first-order chi connectivity index (χ1) is 13.9. The van der Waals surface area contributed by atoms with Gasteiger partial charge in [-0.2, -0.15) is 0 Å². The summed E-state index contributed by atoms with van der Waals surface area (Å²) in [6.45, 7) is 2.40. The highest BCUT2D eigenvalue weighted by Gasteiger charge is 2.33. The molecular weight excluding hydrogens is 411 g/mol. The number of hydrogen-bond acceptors (Lipinski definition) is 5. The molecular formula is C18H16F3N3O6. The Labute approximate surface area is 165 Å². The predicted molar refractivity (Wildman–Crippen MR) is 97.9 cm³/mol. The predicted octanol–water partition coefficient (Wildman–Crippen LogP) is 2.25. The molecule has 0 saturated carbocycles. The number of carbonyl (C=O) groups excluding carboxylic acids is 1. The Morgan fingerprint density at radius 2 is 1.90 bits per heavy atom. The molecule has 2 aromatic heterocycles. The average molecular weight is 427 g/mol. The number of halogens is 3. The van der Waals surface area contributed by atoms with Gasteiger partial charge in [0, 0.05) is 11.4 Å². The van der Waals surface area contributed by atoms with E-state index in [2.05, 4.69) is 4.74 Å². The van der Waals surface area contributed by atoms with Gasteiger partial charge >= 0.3 is 12.3 Å². The Bertz CT molecular complexity index is 1230. The van der Waals surface area contributed by atoms with Gasteiger partial charge in [0.15, 0.2) is 5.75 Å². The molecule has 0 spiro atoms. The Morgan fingerprint density at radius 1 is 1.23 bits per heavy atom.